The van der Waals surface area contributed by atoms with Crippen LogP contribution in [0.15, 0.2) is 224 Å². The number of nitrogens with zero attached hydrogens (tertiary/aromatic N) is 1. The summed E-state index contributed by atoms with van der Waals surface area (Å²) in [5, 5.41) is 0. The SMILES string of the molecule is c1ccc(-c2ccc(N(c3cccc4c3C3(c5ccccc5-c5ccccc53)c3ccccc3-4)c3c(-c4ccccc4)cccc3-c3ccccc3)cc2)cc1. The molecule has 0 unspecified atom stereocenters. The van der Waals surface area contributed by atoms with Crippen molar-refractivity contribution >= 4 is 17.1 Å². The fourth-order valence-electron chi connectivity index (χ4n) is 9.63. The summed E-state index contributed by atoms with van der Waals surface area (Å²) in [7, 11) is 0. The van der Waals surface area contributed by atoms with Gasteiger partial charge in [-0.15, -0.1) is 0 Å². The topological polar surface area (TPSA) is 3.24 Å². The van der Waals surface area contributed by atoms with Crippen LogP contribution in [0.1, 0.15) is 22.3 Å². The lowest BCUT2D eigenvalue weighted by Gasteiger charge is -2.37. The van der Waals surface area contributed by atoms with E-state index in [2.05, 4.69) is 229 Å². The molecule has 0 saturated carbocycles. The molecule has 1 spiro atoms. The number of anilines is 3. The molecule has 0 N–H and O–H groups in total. The van der Waals surface area contributed by atoms with E-state index < -0.39 is 5.41 Å². The van der Waals surface area contributed by atoms with Crippen LogP contribution in [0, 0.1) is 0 Å². The second-order valence-corrected chi connectivity index (χ2v) is 14.8. The van der Waals surface area contributed by atoms with E-state index in [0.29, 0.717) is 0 Å². The van der Waals surface area contributed by atoms with Crippen LogP contribution < -0.4 is 4.90 Å². The van der Waals surface area contributed by atoms with Crippen LogP contribution in [0.4, 0.5) is 17.1 Å². The van der Waals surface area contributed by atoms with Gasteiger partial charge in [0.2, 0.25) is 0 Å². The predicted octanol–water partition coefficient (Wildman–Crippen LogP) is 14.5. The number of para-hydroxylation sites is 1. The number of rotatable bonds is 6. The van der Waals surface area contributed by atoms with Crippen molar-refractivity contribution in [3.63, 3.8) is 0 Å². The third-order valence-electron chi connectivity index (χ3n) is 11.9. The Morgan fingerprint density at radius 3 is 1.16 bits per heavy atom. The first-order valence-electron chi connectivity index (χ1n) is 19.4. The number of benzene rings is 9. The first-order valence-corrected chi connectivity index (χ1v) is 19.4. The highest BCUT2D eigenvalue weighted by Gasteiger charge is 2.53. The molecule has 1 nitrogen and oxygen atoms in total. The predicted molar refractivity (Wildman–Crippen MR) is 234 cm³/mol. The molecule has 2 aliphatic rings. The van der Waals surface area contributed by atoms with Gasteiger partial charge in [-0.3, -0.25) is 0 Å². The summed E-state index contributed by atoms with van der Waals surface area (Å²) in [4.78, 5) is 2.56. The zero-order chi connectivity index (χ0) is 37.1. The molecular formula is C55H37N. The Kier molecular flexibility index (Phi) is 7.47. The second kappa shape index (κ2) is 13.0. The molecule has 262 valence electrons. The van der Waals surface area contributed by atoms with Crippen LogP contribution in [0.25, 0.3) is 55.6 Å². The van der Waals surface area contributed by atoms with Gasteiger partial charge < -0.3 is 4.90 Å². The highest BCUT2D eigenvalue weighted by Crippen LogP contribution is 2.65. The molecule has 0 atom stereocenters. The molecule has 1 heteroatoms. The number of fused-ring (bicyclic) bond motifs is 10. The minimum Gasteiger partial charge on any atom is -0.309 e. The van der Waals surface area contributed by atoms with Gasteiger partial charge in [0.1, 0.15) is 0 Å². The van der Waals surface area contributed by atoms with Gasteiger partial charge in [-0.25, -0.2) is 0 Å². The molecule has 9 aromatic rings. The van der Waals surface area contributed by atoms with Crippen molar-refractivity contribution in [3.05, 3.63) is 247 Å². The normalized spacial score (nSPS) is 12.8. The zero-order valence-corrected chi connectivity index (χ0v) is 30.8. The Labute approximate surface area is 328 Å². The maximum absolute atomic E-state index is 2.56. The van der Waals surface area contributed by atoms with E-state index in [1.165, 1.54) is 83.6 Å². The summed E-state index contributed by atoms with van der Waals surface area (Å²) in [5.41, 5.74) is 20.5. The molecule has 0 saturated heterocycles. The fraction of sp³-hybridized carbons (Fsp3) is 0.0182. The number of hydrogen-bond donors (Lipinski definition) is 0. The monoisotopic (exact) mass is 711 g/mol. The van der Waals surface area contributed by atoms with Gasteiger partial charge in [0, 0.05) is 22.4 Å². The van der Waals surface area contributed by atoms with Crippen molar-refractivity contribution in [1.82, 2.24) is 0 Å². The third kappa shape index (κ3) is 4.74. The van der Waals surface area contributed by atoms with Gasteiger partial charge in [-0.1, -0.05) is 206 Å². The van der Waals surface area contributed by atoms with Crippen LogP contribution in [0.3, 0.4) is 0 Å². The second-order valence-electron chi connectivity index (χ2n) is 14.8. The van der Waals surface area contributed by atoms with Crippen molar-refractivity contribution in [2.24, 2.45) is 0 Å². The zero-order valence-electron chi connectivity index (χ0n) is 30.8. The first-order chi connectivity index (χ1) is 27.8. The largest absolute Gasteiger partial charge is 0.309 e. The highest BCUT2D eigenvalue weighted by molar-refractivity contribution is 6.03. The summed E-state index contributed by atoms with van der Waals surface area (Å²) >= 11 is 0. The molecule has 11 rings (SSSR count). The first kappa shape index (κ1) is 32.2. The standard InChI is InChI=1S/C55H37N/c1-4-18-38(19-5-1)39-34-36-42(37-35-39)56(54-43(40-20-6-2-7-21-40)27-16-28-44(54)41-22-8-3-9-23-41)52-33-17-29-48-47-26-12-15-32-51(47)55(53(48)52)49-30-13-10-24-45(49)46-25-11-14-31-50(46)55/h1-37H. The Hall–Kier alpha value is -7.22. The quantitative estimate of drug-likeness (QED) is 0.166. The Morgan fingerprint density at radius 1 is 0.268 bits per heavy atom. The average Bonchev–Trinajstić information content (AvgIpc) is 3.76. The summed E-state index contributed by atoms with van der Waals surface area (Å²) in [6.45, 7) is 0. The Morgan fingerprint density at radius 2 is 0.643 bits per heavy atom. The summed E-state index contributed by atoms with van der Waals surface area (Å²) < 4.78 is 0. The molecule has 2 aliphatic carbocycles. The van der Waals surface area contributed by atoms with Crippen LogP contribution in [-0.4, -0.2) is 0 Å². The highest BCUT2D eigenvalue weighted by atomic mass is 15.2. The fourth-order valence-corrected chi connectivity index (χ4v) is 9.63. The Balaban J connectivity index is 1.28. The van der Waals surface area contributed by atoms with Crippen LogP contribution in [0.5, 0.6) is 0 Å². The Bertz CT molecular complexity index is 2770. The maximum atomic E-state index is 2.56. The number of hydrogen-bond acceptors (Lipinski definition) is 1. The van der Waals surface area contributed by atoms with E-state index in [1.807, 2.05) is 0 Å². The maximum Gasteiger partial charge on any atom is 0.0746 e. The molecule has 0 amide bonds. The smallest absolute Gasteiger partial charge is 0.0746 e. The summed E-state index contributed by atoms with van der Waals surface area (Å²) in [6, 6.07) is 82.6. The van der Waals surface area contributed by atoms with E-state index in [9.17, 15) is 0 Å². The molecule has 0 heterocycles. The lowest BCUT2D eigenvalue weighted by atomic mass is 9.70. The molecule has 0 fully saturated rings. The van der Waals surface area contributed by atoms with Crippen LogP contribution >= 0.6 is 0 Å². The summed E-state index contributed by atoms with van der Waals surface area (Å²) in [5.74, 6) is 0. The van der Waals surface area contributed by atoms with Gasteiger partial charge >= 0.3 is 0 Å². The van der Waals surface area contributed by atoms with E-state index in [4.69, 9.17) is 0 Å². The van der Waals surface area contributed by atoms with Gasteiger partial charge in [-0.05, 0) is 79.4 Å². The van der Waals surface area contributed by atoms with Crippen molar-refractivity contribution in [2.75, 3.05) is 4.90 Å². The van der Waals surface area contributed by atoms with Gasteiger partial charge in [0.25, 0.3) is 0 Å². The lowest BCUT2D eigenvalue weighted by molar-refractivity contribution is 0.793. The van der Waals surface area contributed by atoms with E-state index >= 15 is 0 Å². The summed E-state index contributed by atoms with van der Waals surface area (Å²) in [6.07, 6.45) is 0. The minimum atomic E-state index is -0.521. The van der Waals surface area contributed by atoms with Crippen molar-refractivity contribution in [3.8, 4) is 55.6 Å². The van der Waals surface area contributed by atoms with Crippen molar-refractivity contribution < 1.29 is 0 Å². The molecule has 56 heavy (non-hydrogen) atoms. The molecule has 0 aliphatic heterocycles. The molecule has 0 bridgehead atoms. The van der Waals surface area contributed by atoms with Crippen molar-refractivity contribution in [2.45, 2.75) is 5.41 Å². The van der Waals surface area contributed by atoms with E-state index in [1.54, 1.807) is 0 Å². The lowest BCUT2D eigenvalue weighted by Crippen LogP contribution is -2.28. The van der Waals surface area contributed by atoms with Crippen LogP contribution in [0.2, 0.25) is 0 Å². The van der Waals surface area contributed by atoms with E-state index in [0.717, 1.165) is 11.4 Å². The molecule has 0 radical (unpaired) electrons. The molecule has 0 aromatic heterocycles. The average molecular weight is 712 g/mol. The molecular weight excluding hydrogens is 675 g/mol. The van der Waals surface area contributed by atoms with Crippen molar-refractivity contribution in [1.29, 1.82) is 0 Å². The van der Waals surface area contributed by atoms with Gasteiger partial charge in [0.15, 0.2) is 0 Å². The van der Waals surface area contributed by atoms with Crippen LogP contribution in [-0.2, 0) is 5.41 Å². The van der Waals surface area contributed by atoms with Gasteiger partial charge in [-0.2, -0.15) is 0 Å². The van der Waals surface area contributed by atoms with E-state index in [-0.39, 0.29) is 0 Å². The third-order valence-corrected chi connectivity index (χ3v) is 11.9. The minimum absolute atomic E-state index is 0.521. The van der Waals surface area contributed by atoms with Gasteiger partial charge in [0.05, 0.1) is 16.8 Å². The molecule has 9 aromatic carbocycles.